The molecule has 5 aliphatic carbocycles. The van der Waals surface area contributed by atoms with Crippen LogP contribution in [0.25, 0.3) is 0 Å². The Morgan fingerprint density at radius 2 is 1.90 bits per heavy atom. The summed E-state index contributed by atoms with van der Waals surface area (Å²) in [6.07, 6.45) is 9.92. The Bertz CT molecular complexity index is 991. The average Bonchev–Trinajstić information content (AvgIpc) is 3.02. The van der Waals surface area contributed by atoms with Gasteiger partial charge in [-0.05, 0) is 96.9 Å². The predicted octanol–water partition coefficient (Wildman–Crippen LogP) is 5.08. The number of Topliss-reactive ketones (excluding diaryl/α,β-unsaturated/α-hetero) is 1. The standard InChI is InChI=1S/C27H33NO2/c1-26-15-22-20-7-5-18(28(2)3)12-16(20)14-27-11-10-19(29)13-17(27)4-6-21(25(22)27)23(26)8-9-24(26)30/h5,7,12-13,21-23,25H,4,6,8-11,14-15H2,1-3H3/t21-,22+,23-,25+,26-,27+/m0/s1. The molecule has 0 heterocycles. The van der Waals surface area contributed by atoms with E-state index in [0.29, 0.717) is 41.7 Å². The van der Waals surface area contributed by atoms with Gasteiger partial charge in [-0.2, -0.15) is 0 Å². The summed E-state index contributed by atoms with van der Waals surface area (Å²) in [7, 11) is 4.21. The summed E-state index contributed by atoms with van der Waals surface area (Å²) in [5, 5.41) is 0. The fourth-order valence-electron chi connectivity index (χ4n) is 8.65. The van der Waals surface area contributed by atoms with Crippen molar-refractivity contribution in [1.29, 1.82) is 0 Å². The lowest BCUT2D eigenvalue weighted by molar-refractivity contribution is -0.135. The van der Waals surface area contributed by atoms with Gasteiger partial charge in [-0.3, -0.25) is 9.59 Å². The van der Waals surface area contributed by atoms with E-state index in [2.05, 4.69) is 44.1 Å². The highest BCUT2D eigenvalue weighted by molar-refractivity contribution is 5.92. The molecule has 5 aliphatic rings. The molecule has 0 unspecified atom stereocenters. The van der Waals surface area contributed by atoms with Gasteiger partial charge in [-0.15, -0.1) is 0 Å². The molecule has 1 aromatic carbocycles. The van der Waals surface area contributed by atoms with Gasteiger partial charge in [0.25, 0.3) is 0 Å². The normalized spacial score (nSPS) is 41.4. The molecule has 6 atom stereocenters. The van der Waals surface area contributed by atoms with Crippen molar-refractivity contribution in [3.05, 3.63) is 41.0 Å². The molecule has 0 bridgehead atoms. The van der Waals surface area contributed by atoms with E-state index in [0.717, 1.165) is 38.5 Å². The second kappa shape index (κ2) is 6.08. The molecule has 6 rings (SSSR count). The van der Waals surface area contributed by atoms with Gasteiger partial charge in [-0.25, -0.2) is 0 Å². The number of benzene rings is 1. The van der Waals surface area contributed by atoms with Crippen LogP contribution in [-0.4, -0.2) is 25.7 Å². The van der Waals surface area contributed by atoms with Gasteiger partial charge in [0.2, 0.25) is 0 Å². The highest BCUT2D eigenvalue weighted by atomic mass is 16.1. The number of nitrogens with zero attached hydrogens (tertiary/aromatic N) is 1. The van der Waals surface area contributed by atoms with Crippen molar-refractivity contribution in [3.8, 4) is 0 Å². The summed E-state index contributed by atoms with van der Waals surface area (Å²) >= 11 is 0. The van der Waals surface area contributed by atoms with Crippen molar-refractivity contribution in [2.75, 3.05) is 19.0 Å². The van der Waals surface area contributed by atoms with Crippen LogP contribution < -0.4 is 4.90 Å². The molecule has 0 radical (unpaired) electrons. The number of hydrogen-bond acceptors (Lipinski definition) is 3. The van der Waals surface area contributed by atoms with Crippen LogP contribution >= 0.6 is 0 Å². The third kappa shape index (κ3) is 2.27. The highest BCUT2D eigenvalue weighted by Crippen LogP contribution is 2.70. The summed E-state index contributed by atoms with van der Waals surface area (Å²) in [6.45, 7) is 2.29. The highest BCUT2D eigenvalue weighted by Gasteiger charge is 2.64. The summed E-state index contributed by atoms with van der Waals surface area (Å²) in [6, 6.07) is 7.03. The van der Waals surface area contributed by atoms with E-state index in [4.69, 9.17) is 0 Å². The summed E-state index contributed by atoms with van der Waals surface area (Å²) in [5.74, 6) is 3.08. The Kier molecular flexibility index (Phi) is 3.82. The van der Waals surface area contributed by atoms with E-state index < -0.39 is 0 Å². The van der Waals surface area contributed by atoms with Crippen molar-refractivity contribution in [1.82, 2.24) is 0 Å². The maximum absolute atomic E-state index is 13.1. The number of ketones is 2. The molecule has 0 aromatic heterocycles. The summed E-state index contributed by atoms with van der Waals surface area (Å²) in [5.41, 5.74) is 5.67. The van der Waals surface area contributed by atoms with Crippen LogP contribution in [0.2, 0.25) is 0 Å². The Morgan fingerprint density at radius 1 is 1.07 bits per heavy atom. The molecule has 3 heteroatoms. The number of anilines is 1. The maximum Gasteiger partial charge on any atom is 0.155 e. The molecule has 158 valence electrons. The first kappa shape index (κ1) is 18.8. The lowest BCUT2D eigenvalue weighted by atomic mass is 9.40. The molecular formula is C27H33NO2. The minimum absolute atomic E-state index is 0.145. The van der Waals surface area contributed by atoms with Gasteiger partial charge >= 0.3 is 0 Å². The third-order valence-electron chi connectivity index (χ3n) is 9.92. The molecular weight excluding hydrogens is 370 g/mol. The SMILES string of the molecule is CN(C)c1ccc2c(c1)C[C@]13CCC(=O)C=C1CC[C@@H]1[C@@H]3[C@@H]2C[C@]2(C)C(=O)CC[C@@H]12. The first-order valence-electron chi connectivity index (χ1n) is 11.9. The summed E-state index contributed by atoms with van der Waals surface area (Å²) in [4.78, 5) is 27.6. The number of carbonyl (C=O) groups excluding carboxylic acids is 2. The van der Waals surface area contributed by atoms with Gasteiger partial charge in [0.15, 0.2) is 5.78 Å². The molecule has 3 nitrogen and oxygen atoms in total. The molecule has 0 saturated heterocycles. The first-order valence-corrected chi connectivity index (χ1v) is 11.9. The number of allylic oxidation sites excluding steroid dienone is 1. The van der Waals surface area contributed by atoms with Gasteiger partial charge in [-0.1, -0.05) is 18.6 Å². The minimum Gasteiger partial charge on any atom is -0.378 e. The average molecular weight is 404 g/mol. The van der Waals surface area contributed by atoms with Crippen LogP contribution in [-0.2, 0) is 16.0 Å². The Hall–Kier alpha value is -1.90. The maximum atomic E-state index is 13.1. The van der Waals surface area contributed by atoms with Crippen molar-refractivity contribution in [2.45, 2.75) is 64.2 Å². The largest absolute Gasteiger partial charge is 0.378 e. The molecule has 0 N–H and O–H groups in total. The zero-order valence-electron chi connectivity index (χ0n) is 18.5. The van der Waals surface area contributed by atoms with Gasteiger partial charge in [0.05, 0.1) is 0 Å². The molecule has 3 saturated carbocycles. The lowest BCUT2D eigenvalue weighted by Crippen LogP contribution is -2.57. The van der Waals surface area contributed by atoms with Crippen molar-refractivity contribution >= 4 is 17.3 Å². The Balaban J connectivity index is 1.56. The molecule has 3 fully saturated rings. The van der Waals surface area contributed by atoms with E-state index in [-0.39, 0.29) is 10.8 Å². The van der Waals surface area contributed by atoms with Crippen LogP contribution in [0.1, 0.15) is 68.9 Å². The zero-order valence-corrected chi connectivity index (χ0v) is 18.5. The zero-order chi connectivity index (χ0) is 20.8. The number of hydrogen-bond donors (Lipinski definition) is 0. The van der Waals surface area contributed by atoms with Crippen LogP contribution in [0.5, 0.6) is 0 Å². The third-order valence-corrected chi connectivity index (χ3v) is 9.92. The Morgan fingerprint density at radius 3 is 2.70 bits per heavy atom. The van der Waals surface area contributed by atoms with Crippen molar-refractivity contribution < 1.29 is 9.59 Å². The number of fused-ring (bicyclic) bond motifs is 4. The van der Waals surface area contributed by atoms with E-state index >= 15 is 0 Å². The van der Waals surface area contributed by atoms with Crippen molar-refractivity contribution in [3.63, 3.8) is 0 Å². The van der Waals surface area contributed by atoms with Crippen LogP contribution in [0, 0.1) is 28.6 Å². The quantitative estimate of drug-likeness (QED) is 0.656. The molecule has 30 heavy (non-hydrogen) atoms. The second-order valence-corrected chi connectivity index (χ2v) is 11.3. The van der Waals surface area contributed by atoms with Gasteiger partial charge in [0.1, 0.15) is 5.78 Å². The predicted molar refractivity (Wildman–Crippen MR) is 119 cm³/mol. The lowest BCUT2D eigenvalue weighted by Gasteiger charge is -2.63. The Labute approximate surface area is 179 Å². The first-order chi connectivity index (χ1) is 14.3. The van der Waals surface area contributed by atoms with Crippen LogP contribution in [0.4, 0.5) is 5.69 Å². The van der Waals surface area contributed by atoms with Crippen molar-refractivity contribution in [2.24, 2.45) is 28.6 Å². The minimum atomic E-state index is -0.145. The van der Waals surface area contributed by atoms with E-state index in [1.807, 2.05) is 6.08 Å². The van der Waals surface area contributed by atoms with E-state index in [1.165, 1.54) is 28.8 Å². The molecule has 0 amide bonds. The molecule has 1 spiro atoms. The smallest absolute Gasteiger partial charge is 0.155 e. The topological polar surface area (TPSA) is 37.4 Å². The fourth-order valence-corrected chi connectivity index (χ4v) is 8.65. The van der Waals surface area contributed by atoms with Gasteiger partial charge in [0, 0.05) is 38.0 Å². The number of carbonyl (C=O) groups is 2. The molecule has 0 aliphatic heterocycles. The van der Waals surface area contributed by atoms with Crippen LogP contribution in [0.15, 0.2) is 29.8 Å². The van der Waals surface area contributed by atoms with Crippen LogP contribution in [0.3, 0.4) is 0 Å². The molecule has 1 aromatic rings. The fraction of sp³-hybridized carbons (Fsp3) is 0.630. The van der Waals surface area contributed by atoms with Gasteiger partial charge < -0.3 is 4.90 Å². The monoisotopic (exact) mass is 403 g/mol. The summed E-state index contributed by atoms with van der Waals surface area (Å²) < 4.78 is 0. The number of rotatable bonds is 1. The van der Waals surface area contributed by atoms with E-state index in [9.17, 15) is 9.59 Å². The van der Waals surface area contributed by atoms with E-state index in [1.54, 1.807) is 0 Å². The second-order valence-electron chi connectivity index (χ2n) is 11.3.